The van der Waals surface area contributed by atoms with Crippen LogP contribution in [0.3, 0.4) is 0 Å². The highest BCUT2D eigenvalue weighted by Crippen LogP contribution is 1.90. The topological polar surface area (TPSA) is 82.7 Å². The minimum atomic E-state index is -0.194. The normalized spacial score (nSPS) is 9.09. The lowest BCUT2D eigenvalue weighted by molar-refractivity contribution is 0.977. The number of pyridine rings is 1. The van der Waals surface area contributed by atoms with E-state index in [1.165, 1.54) is 12.1 Å². The van der Waals surface area contributed by atoms with Crippen LogP contribution < -0.4 is 11.2 Å². The van der Waals surface area contributed by atoms with Crippen LogP contribution in [0.5, 0.6) is 0 Å². The maximum Gasteiger partial charge on any atom is 0.183 e. The lowest BCUT2D eigenvalue weighted by atomic mass is 10.3. The van der Waals surface area contributed by atoms with Gasteiger partial charge in [-0.3, -0.25) is 4.79 Å². The van der Waals surface area contributed by atoms with E-state index in [-0.39, 0.29) is 17.7 Å². The molecule has 4 nitrogen and oxygen atoms in total. The molecule has 0 atom stereocenters. The molecule has 1 rings (SSSR count). The summed E-state index contributed by atoms with van der Waals surface area (Å²) in [4.78, 5) is 13.5. The first-order chi connectivity index (χ1) is 5.26. The Hall–Kier alpha value is -1.60. The Balaban J connectivity index is 3.26. The van der Waals surface area contributed by atoms with Gasteiger partial charge in [0.05, 0.1) is 0 Å². The second kappa shape index (κ2) is 2.99. The van der Waals surface area contributed by atoms with Crippen LogP contribution in [0.1, 0.15) is 11.4 Å². The molecule has 0 amide bonds. The van der Waals surface area contributed by atoms with Gasteiger partial charge in [0.2, 0.25) is 0 Å². The van der Waals surface area contributed by atoms with E-state index in [9.17, 15) is 4.79 Å². The lowest BCUT2D eigenvalue weighted by Gasteiger charge is -1.95. The number of nitrogens with one attached hydrogen (secondary N) is 1. The van der Waals surface area contributed by atoms with Gasteiger partial charge in [-0.25, -0.2) is 0 Å². The van der Waals surface area contributed by atoms with Crippen molar-refractivity contribution in [3.63, 3.8) is 0 Å². The average Bonchev–Trinajstić information content (AvgIpc) is 2.03. The largest absolute Gasteiger partial charge is 0.349 e. The third kappa shape index (κ3) is 1.66. The molecule has 0 fully saturated rings. The molecular formula is C7H7N3O. The summed E-state index contributed by atoms with van der Waals surface area (Å²) in [6, 6.07) is 4.44. The van der Waals surface area contributed by atoms with Crippen LogP contribution in [0.2, 0.25) is 0 Å². The van der Waals surface area contributed by atoms with Gasteiger partial charge in [-0.2, -0.15) is 5.26 Å². The molecule has 0 spiro atoms. The van der Waals surface area contributed by atoms with Crippen molar-refractivity contribution in [3.05, 3.63) is 33.7 Å². The number of nitriles is 1. The molecule has 0 aromatic carbocycles. The van der Waals surface area contributed by atoms with Gasteiger partial charge in [0, 0.05) is 24.4 Å². The first kappa shape index (κ1) is 7.51. The van der Waals surface area contributed by atoms with Crippen molar-refractivity contribution in [2.24, 2.45) is 5.73 Å². The fourth-order valence-corrected chi connectivity index (χ4v) is 0.771. The summed E-state index contributed by atoms with van der Waals surface area (Å²) in [7, 11) is 0. The molecule has 0 bridgehead atoms. The van der Waals surface area contributed by atoms with Crippen molar-refractivity contribution in [1.82, 2.24) is 4.98 Å². The molecule has 11 heavy (non-hydrogen) atoms. The predicted molar refractivity (Wildman–Crippen MR) is 39.7 cm³/mol. The Morgan fingerprint density at radius 2 is 2.36 bits per heavy atom. The van der Waals surface area contributed by atoms with Gasteiger partial charge >= 0.3 is 0 Å². The van der Waals surface area contributed by atoms with Crippen LogP contribution in [0.4, 0.5) is 0 Å². The Morgan fingerprint density at radius 1 is 1.64 bits per heavy atom. The summed E-state index contributed by atoms with van der Waals surface area (Å²) in [5, 5.41) is 8.42. The van der Waals surface area contributed by atoms with Crippen molar-refractivity contribution in [1.29, 1.82) is 5.26 Å². The van der Waals surface area contributed by atoms with Crippen molar-refractivity contribution >= 4 is 0 Å². The molecule has 0 aliphatic heterocycles. The van der Waals surface area contributed by atoms with Gasteiger partial charge < -0.3 is 10.7 Å². The maximum atomic E-state index is 10.8. The monoisotopic (exact) mass is 149 g/mol. The summed E-state index contributed by atoms with van der Waals surface area (Å²) in [5.41, 5.74) is 5.89. The molecule has 0 saturated carbocycles. The van der Waals surface area contributed by atoms with E-state index in [1.807, 2.05) is 6.07 Å². The molecule has 3 N–H and O–H groups in total. The third-order valence-corrected chi connectivity index (χ3v) is 1.24. The van der Waals surface area contributed by atoms with Crippen LogP contribution in [-0.2, 0) is 6.54 Å². The molecular weight excluding hydrogens is 142 g/mol. The fraction of sp³-hybridized carbons (Fsp3) is 0.143. The van der Waals surface area contributed by atoms with Gasteiger partial charge in [-0.15, -0.1) is 0 Å². The molecule has 0 unspecified atom stereocenters. The number of hydrogen-bond donors (Lipinski definition) is 2. The predicted octanol–water partition coefficient (Wildman–Crippen LogP) is -0.295. The highest BCUT2D eigenvalue weighted by Gasteiger charge is 1.94. The number of rotatable bonds is 1. The quantitative estimate of drug-likeness (QED) is 0.575. The van der Waals surface area contributed by atoms with Crippen LogP contribution in [0, 0.1) is 11.3 Å². The van der Waals surface area contributed by atoms with Crippen molar-refractivity contribution in [3.8, 4) is 6.07 Å². The molecule has 1 aromatic heterocycles. The van der Waals surface area contributed by atoms with E-state index in [0.29, 0.717) is 5.69 Å². The molecule has 0 saturated heterocycles. The highest BCUT2D eigenvalue weighted by atomic mass is 16.1. The number of aromatic amines is 1. The molecule has 56 valence electrons. The number of aromatic nitrogens is 1. The molecule has 0 radical (unpaired) electrons. The molecule has 0 aliphatic carbocycles. The van der Waals surface area contributed by atoms with Crippen LogP contribution in [-0.4, -0.2) is 4.98 Å². The zero-order valence-corrected chi connectivity index (χ0v) is 5.79. The molecule has 0 aliphatic rings. The molecule has 4 heteroatoms. The zero-order valence-electron chi connectivity index (χ0n) is 5.79. The summed E-state index contributed by atoms with van der Waals surface area (Å²) in [6.07, 6.45) is 0. The Morgan fingerprint density at radius 3 is 2.91 bits per heavy atom. The Labute approximate surface area is 63.3 Å². The van der Waals surface area contributed by atoms with Crippen molar-refractivity contribution in [2.75, 3.05) is 0 Å². The summed E-state index contributed by atoms with van der Waals surface area (Å²) in [6.45, 7) is 0.241. The van der Waals surface area contributed by atoms with E-state index in [4.69, 9.17) is 11.0 Å². The number of H-pyrrole nitrogens is 1. The number of nitrogens with two attached hydrogens (primary N) is 1. The van der Waals surface area contributed by atoms with Gasteiger partial charge in [0.1, 0.15) is 11.8 Å². The highest BCUT2D eigenvalue weighted by molar-refractivity contribution is 5.22. The minimum absolute atomic E-state index is 0.194. The number of nitrogens with zero attached hydrogens (tertiary/aromatic N) is 1. The van der Waals surface area contributed by atoms with Crippen LogP contribution in [0.25, 0.3) is 0 Å². The standard InChI is InChI=1S/C7H7N3O/c8-3-5-1-7(11)2-6(4-9)10-5/h1-2H,3,8H2,(H,10,11). The Bertz CT molecular complexity index is 347. The van der Waals surface area contributed by atoms with E-state index >= 15 is 0 Å². The van der Waals surface area contributed by atoms with Gasteiger partial charge in [0.25, 0.3) is 0 Å². The maximum absolute atomic E-state index is 10.8. The van der Waals surface area contributed by atoms with E-state index in [0.717, 1.165) is 0 Å². The van der Waals surface area contributed by atoms with Crippen molar-refractivity contribution in [2.45, 2.75) is 6.54 Å². The third-order valence-electron chi connectivity index (χ3n) is 1.24. The van der Waals surface area contributed by atoms with Gasteiger partial charge in [-0.05, 0) is 0 Å². The average molecular weight is 149 g/mol. The lowest BCUT2D eigenvalue weighted by Crippen LogP contribution is -2.08. The fourth-order valence-electron chi connectivity index (χ4n) is 0.771. The van der Waals surface area contributed by atoms with E-state index in [2.05, 4.69) is 4.98 Å². The second-order valence-electron chi connectivity index (χ2n) is 2.07. The number of hydrogen-bond acceptors (Lipinski definition) is 3. The van der Waals surface area contributed by atoms with E-state index < -0.39 is 0 Å². The first-order valence-electron chi connectivity index (χ1n) is 3.09. The van der Waals surface area contributed by atoms with Gasteiger partial charge in [0.15, 0.2) is 5.43 Å². The van der Waals surface area contributed by atoms with Crippen LogP contribution >= 0.6 is 0 Å². The minimum Gasteiger partial charge on any atom is -0.349 e. The summed E-state index contributed by atoms with van der Waals surface area (Å²) in [5.74, 6) is 0. The first-order valence-corrected chi connectivity index (χ1v) is 3.09. The SMILES string of the molecule is N#Cc1cc(=O)cc(CN)[nH]1. The van der Waals surface area contributed by atoms with Gasteiger partial charge in [-0.1, -0.05) is 0 Å². The molecule has 1 heterocycles. The smallest absolute Gasteiger partial charge is 0.183 e. The second-order valence-corrected chi connectivity index (χ2v) is 2.07. The summed E-state index contributed by atoms with van der Waals surface area (Å²) < 4.78 is 0. The van der Waals surface area contributed by atoms with Crippen LogP contribution in [0.15, 0.2) is 16.9 Å². The summed E-state index contributed by atoms with van der Waals surface area (Å²) >= 11 is 0. The molecule has 1 aromatic rings. The zero-order chi connectivity index (χ0) is 8.27. The Kier molecular flexibility index (Phi) is 2.04. The van der Waals surface area contributed by atoms with E-state index in [1.54, 1.807) is 0 Å². The van der Waals surface area contributed by atoms with Crippen molar-refractivity contribution < 1.29 is 0 Å².